The van der Waals surface area contributed by atoms with Crippen LogP contribution < -0.4 is 0 Å². The Balaban J connectivity index is 1.57. The van der Waals surface area contributed by atoms with Crippen molar-refractivity contribution in [1.82, 2.24) is 9.80 Å². The third-order valence-corrected chi connectivity index (χ3v) is 6.01. The molecule has 1 amide bonds. The molecule has 4 nitrogen and oxygen atoms in total. The number of amides is 1. The fourth-order valence-electron chi connectivity index (χ4n) is 4.18. The van der Waals surface area contributed by atoms with Gasteiger partial charge in [-0.1, -0.05) is 18.2 Å². The molecule has 2 saturated heterocycles. The highest BCUT2D eigenvalue weighted by Gasteiger charge is 2.40. The molecule has 0 aromatic heterocycles. The summed E-state index contributed by atoms with van der Waals surface area (Å²) in [4.78, 5) is 16.4. The summed E-state index contributed by atoms with van der Waals surface area (Å²) in [6, 6.07) is 6.77. The number of aliphatic hydroxyl groups excluding tert-OH is 1. The van der Waals surface area contributed by atoms with Crippen LogP contribution in [0.15, 0.2) is 18.2 Å². The van der Waals surface area contributed by atoms with Gasteiger partial charge in [0.15, 0.2) is 0 Å². The number of aryl methyl sites for hydroxylation is 2. The molecule has 0 unspecified atom stereocenters. The van der Waals surface area contributed by atoms with E-state index >= 15 is 0 Å². The number of benzene rings is 1. The molecule has 1 N–H and O–H groups in total. The molecule has 3 rings (SSSR count). The first-order valence-electron chi connectivity index (χ1n) is 9.18. The predicted molar refractivity (Wildman–Crippen MR) is 95.8 cm³/mol. The average molecular weight is 330 g/mol. The van der Waals surface area contributed by atoms with Crippen LogP contribution in [0, 0.1) is 19.3 Å². The zero-order chi connectivity index (χ0) is 17.2. The molecule has 0 saturated carbocycles. The van der Waals surface area contributed by atoms with E-state index in [1.807, 2.05) is 4.90 Å². The number of carbonyl (C=O) groups is 1. The van der Waals surface area contributed by atoms with E-state index in [0.717, 1.165) is 45.4 Å². The molecule has 132 valence electrons. The van der Waals surface area contributed by atoms with Gasteiger partial charge in [0.2, 0.25) is 5.91 Å². The van der Waals surface area contributed by atoms with Crippen LogP contribution in [-0.2, 0) is 11.3 Å². The second-order valence-corrected chi connectivity index (χ2v) is 7.73. The number of hydrogen-bond acceptors (Lipinski definition) is 3. The minimum Gasteiger partial charge on any atom is -0.395 e. The van der Waals surface area contributed by atoms with Crippen LogP contribution in [0.2, 0.25) is 0 Å². The summed E-state index contributed by atoms with van der Waals surface area (Å²) in [6.07, 6.45) is 3.99. The molecular weight excluding hydrogens is 300 g/mol. The molecule has 4 heteroatoms. The van der Waals surface area contributed by atoms with E-state index in [9.17, 15) is 4.79 Å². The molecule has 0 radical (unpaired) electrons. The van der Waals surface area contributed by atoms with Gasteiger partial charge in [-0.25, -0.2) is 0 Å². The van der Waals surface area contributed by atoms with Crippen molar-refractivity contribution in [3.8, 4) is 0 Å². The Morgan fingerprint density at radius 2 is 1.88 bits per heavy atom. The second kappa shape index (κ2) is 7.24. The van der Waals surface area contributed by atoms with E-state index in [0.29, 0.717) is 13.0 Å². The number of carbonyl (C=O) groups excluding carboxylic acids is 1. The van der Waals surface area contributed by atoms with Crippen LogP contribution in [0.5, 0.6) is 0 Å². The van der Waals surface area contributed by atoms with Gasteiger partial charge >= 0.3 is 0 Å². The highest BCUT2D eigenvalue weighted by molar-refractivity contribution is 5.77. The van der Waals surface area contributed by atoms with Crippen molar-refractivity contribution in [1.29, 1.82) is 0 Å². The lowest BCUT2D eigenvalue weighted by Crippen LogP contribution is -2.51. The summed E-state index contributed by atoms with van der Waals surface area (Å²) in [5, 5.41) is 9.17. The number of piperidine rings is 2. The topological polar surface area (TPSA) is 43.8 Å². The van der Waals surface area contributed by atoms with Crippen molar-refractivity contribution in [2.75, 3.05) is 32.8 Å². The van der Waals surface area contributed by atoms with Gasteiger partial charge in [-0.2, -0.15) is 0 Å². The summed E-state index contributed by atoms with van der Waals surface area (Å²) >= 11 is 0. The number of hydrogen-bond donors (Lipinski definition) is 1. The molecule has 0 aliphatic carbocycles. The SMILES string of the molecule is Cc1ccc(CN2CCC3(CCC(=O)N(CCO)C3)CC2)cc1C. The van der Waals surface area contributed by atoms with Gasteiger partial charge in [-0.3, -0.25) is 9.69 Å². The minimum absolute atomic E-state index is 0.0702. The van der Waals surface area contributed by atoms with Crippen molar-refractivity contribution in [2.24, 2.45) is 5.41 Å². The largest absolute Gasteiger partial charge is 0.395 e. The first kappa shape index (κ1) is 17.4. The van der Waals surface area contributed by atoms with Crippen LogP contribution in [-0.4, -0.2) is 53.6 Å². The summed E-state index contributed by atoms with van der Waals surface area (Å²) in [5.74, 6) is 0.215. The van der Waals surface area contributed by atoms with Crippen molar-refractivity contribution >= 4 is 5.91 Å². The highest BCUT2D eigenvalue weighted by atomic mass is 16.3. The quantitative estimate of drug-likeness (QED) is 0.922. The lowest BCUT2D eigenvalue weighted by molar-refractivity contribution is -0.139. The molecule has 2 heterocycles. The fourth-order valence-corrected chi connectivity index (χ4v) is 4.18. The number of rotatable bonds is 4. The summed E-state index contributed by atoms with van der Waals surface area (Å²) in [6.45, 7) is 8.97. The van der Waals surface area contributed by atoms with Crippen molar-refractivity contribution in [3.63, 3.8) is 0 Å². The third-order valence-electron chi connectivity index (χ3n) is 6.01. The molecular formula is C20H30N2O2. The van der Waals surface area contributed by atoms with Crippen molar-refractivity contribution in [2.45, 2.75) is 46.1 Å². The van der Waals surface area contributed by atoms with Crippen LogP contribution in [0.4, 0.5) is 0 Å². The van der Waals surface area contributed by atoms with Crippen LogP contribution >= 0.6 is 0 Å². The van der Waals surface area contributed by atoms with Crippen molar-refractivity contribution in [3.05, 3.63) is 34.9 Å². The van der Waals surface area contributed by atoms with Gasteiger partial charge in [-0.15, -0.1) is 0 Å². The van der Waals surface area contributed by atoms with Crippen LogP contribution in [0.3, 0.4) is 0 Å². The van der Waals surface area contributed by atoms with Gasteiger partial charge in [0.1, 0.15) is 0 Å². The smallest absolute Gasteiger partial charge is 0.222 e. The zero-order valence-corrected chi connectivity index (χ0v) is 15.1. The Labute approximate surface area is 145 Å². The Kier molecular flexibility index (Phi) is 5.26. The minimum atomic E-state index is 0.0702. The molecule has 2 fully saturated rings. The molecule has 24 heavy (non-hydrogen) atoms. The highest BCUT2D eigenvalue weighted by Crippen LogP contribution is 2.40. The first-order valence-corrected chi connectivity index (χ1v) is 9.18. The second-order valence-electron chi connectivity index (χ2n) is 7.73. The van der Waals surface area contributed by atoms with Gasteiger partial charge in [-0.05, 0) is 68.3 Å². The van der Waals surface area contributed by atoms with E-state index in [1.54, 1.807) is 0 Å². The number of β-amino-alcohol motifs (C(OH)–C–C–N with tert-alkyl or cyclic N) is 1. The van der Waals surface area contributed by atoms with Gasteiger partial charge in [0, 0.05) is 26.1 Å². The summed E-state index contributed by atoms with van der Waals surface area (Å²) in [7, 11) is 0. The zero-order valence-electron chi connectivity index (χ0n) is 15.1. The van der Waals surface area contributed by atoms with E-state index in [2.05, 4.69) is 36.9 Å². The lowest BCUT2D eigenvalue weighted by Gasteiger charge is -2.47. The Bertz CT molecular complexity index is 591. The maximum atomic E-state index is 12.0. The van der Waals surface area contributed by atoms with Crippen molar-refractivity contribution < 1.29 is 9.90 Å². The first-order chi connectivity index (χ1) is 11.5. The fraction of sp³-hybridized carbons (Fsp3) is 0.650. The Morgan fingerprint density at radius 3 is 2.54 bits per heavy atom. The van der Waals surface area contributed by atoms with Crippen LogP contribution in [0.1, 0.15) is 42.4 Å². The maximum absolute atomic E-state index is 12.0. The molecule has 0 atom stereocenters. The predicted octanol–water partition coefficient (Wildman–Crippen LogP) is 2.50. The number of aliphatic hydroxyl groups is 1. The number of nitrogens with zero attached hydrogens (tertiary/aromatic N) is 2. The normalized spacial score (nSPS) is 21.5. The summed E-state index contributed by atoms with van der Waals surface area (Å²) in [5.41, 5.74) is 4.40. The van der Waals surface area contributed by atoms with Gasteiger partial charge in [0.25, 0.3) is 0 Å². The lowest BCUT2D eigenvalue weighted by atomic mass is 9.72. The monoisotopic (exact) mass is 330 g/mol. The average Bonchev–Trinajstić information content (AvgIpc) is 2.57. The number of likely N-dealkylation sites (tertiary alicyclic amines) is 2. The standard InChI is InChI=1S/C20H30N2O2/c1-16-3-4-18(13-17(16)2)14-21-9-7-20(8-10-21)6-5-19(24)22(15-20)11-12-23/h3-4,13,23H,5-12,14-15H2,1-2H3. The molecule has 1 spiro atoms. The molecule has 1 aromatic carbocycles. The van der Waals surface area contributed by atoms with E-state index in [1.165, 1.54) is 16.7 Å². The molecule has 0 bridgehead atoms. The van der Waals surface area contributed by atoms with E-state index in [4.69, 9.17) is 5.11 Å². The van der Waals surface area contributed by atoms with E-state index < -0.39 is 0 Å². The molecule has 1 aromatic rings. The molecule has 2 aliphatic rings. The molecule has 2 aliphatic heterocycles. The van der Waals surface area contributed by atoms with Gasteiger partial charge in [0.05, 0.1) is 6.61 Å². The Hall–Kier alpha value is -1.39. The third kappa shape index (κ3) is 3.81. The van der Waals surface area contributed by atoms with Crippen LogP contribution in [0.25, 0.3) is 0 Å². The van der Waals surface area contributed by atoms with Gasteiger partial charge < -0.3 is 10.0 Å². The summed E-state index contributed by atoms with van der Waals surface area (Å²) < 4.78 is 0. The Morgan fingerprint density at radius 1 is 1.12 bits per heavy atom. The maximum Gasteiger partial charge on any atom is 0.222 e. The van der Waals surface area contributed by atoms with E-state index in [-0.39, 0.29) is 17.9 Å².